The molecule has 4 nitrogen and oxygen atoms in total. The monoisotopic (exact) mass is 250 g/mol. The third-order valence-corrected chi connectivity index (χ3v) is 2.62. The third kappa shape index (κ3) is 4.57. The second kappa shape index (κ2) is 7.48. The van der Waals surface area contributed by atoms with E-state index in [0.29, 0.717) is 12.0 Å². The summed E-state index contributed by atoms with van der Waals surface area (Å²) in [5.41, 5.74) is 0.702. The Morgan fingerprint density at radius 1 is 1.22 bits per heavy atom. The largest absolute Gasteiger partial charge is 0.478 e. The number of aromatic carboxylic acids is 1. The van der Waals surface area contributed by atoms with Crippen molar-refractivity contribution < 1.29 is 19.4 Å². The molecule has 0 heterocycles. The Morgan fingerprint density at radius 3 is 2.61 bits per heavy atom. The van der Waals surface area contributed by atoms with Gasteiger partial charge in [0.1, 0.15) is 6.61 Å². The molecule has 1 aromatic carbocycles. The fourth-order valence-electron chi connectivity index (χ4n) is 1.60. The lowest BCUT2D eigenvalue weighted by Crippen LogP contribution is -2.08. The van der Waals surface area contributed by atoms with E-state index in [1.165, 1.54) is 6.07 Å². The number of ether oxygens (including phenoxy) is 1. The van der Waals surface area contributed by atoms with E-state index in [1.807, 2.05) is 0 Å². The van der Waals surface area contributed by atoms with E-state index in [0.717, 1.165) is 19.3 Å². The minimum Gasteiger partial charge on any atom is -0.478 e. The van der Waals surface area contributed by atoms with Gasteiger partial charge in [-0.25, -0.2) is 4.79 Å². The highest BCUT2D eigenvalue weighted by molar-refractivity contribution is 5.89. The predicted molar refractivity (Wildman–Crippen MR) is 67.3 cm³/mol. The van der Waals surface area contributed by atoms with Gasteiger partial charge in [-0.3, -0.25) is 4.79 Å². The zero-order valence-electron chi connectivity index (χ0n) is 10.5. The molecule has 18 heavy (non-hydrogen) atoms. The SMILES string of the molecule is CCCCCC(=O)OCc1ccccc1C(=O)O. The van der Waals surface area contributed by atoms with E-state index in [9.17, 15) is 9.59 Å². The summed E-state index contributed by atoms with van der Waals surface area (Å²) in [6, 6.07) is 6.54. The van der Waals surface area contributed by atoms with Gasteiger partial charge in [-0.1, -0.05) is 38.0 Å². The van der Waals surface area contributed by atoms with E-state index in [1.54, 1.807) is 18.2 Å². The van der Waals surface area contributed by atoms with Crippen LogP contribution in [0.3, 0.4) is 0 Å². The molecule has 0 aliphatic carbocycles. The number of carboxylic acids is 1. The molecule has 1 N–H and O–H groups in total. The Balaban J connectivity index is 2.48. The molecule has 0 saturated heterocycles. The van der Waals surface area contributed by atoms with Crippen LogP contribution < -0.4 is 0 Å². The maximum atomic E-state index is 11.4. The number of rotatable bonds is 7. The van der Waals surface area contributed by atoms with Crippen LogP contribution >= 0.6 is 0 Å². The number of carbonyl (C=O) groups is 2. The van der Waals surface area contributed by atoms with Crippen LogP contribution in [0.15, 0.2) is 24.3 Å². The highest BCUT2D eigenvalue weighted by atomic mass is 16.5. The minimum absolute atomic E-state index is 0.0213. The molecule has 98 valence electrons. The van der Waals surface area contributed by atoms with Gasteiger partial charge in [0.15, 0.2) is 0 Å². The molecular formula is C14H18O4. The van der Waals surface area contributed by atoms with E-state index >= 15 is 0 Å². The smallest absolute Gasteiger partial charge is 0.336 e. The van der Waals surface area contributed by atoms with Gasteiger partial charge < -0.3 is 9.84 Å². The summed E-state index contributed by atoms with van der Waals surface area (Å²) < 4.78 is 5.06. The van der Waals surface area contributed by atoms with Crippen molar-refractivity contribution in [2.45, 2.75) is 39.2 Å². The number of carboxylic acid groups (broad SMARTS) is 1. The van der Waals surface area contributed by atoms with E-state index in [2.05, 4.69) is 6.92 Å². The number of hydrogen-bond donors (Lipinski definition) is 1. The maximum absolute atomic E-state index is 11.4. The molecule has 0 amide bonds. The quantitative estimate of drug-likeness (QED) is 0.596. The highest BCUT2D eigenvalue weighted by Crippen LogP contribution is 2.11. The molecule has 0 fully saturated rings. The molecule has 0 saturated carbocycles. The van der Waals surface area contributed by atoms with Crippen molar-refractivity contribution >= 4 is 11.9 Å². The number of carbonyl (C=O) groups excluding carboxylic acids is 1. The standard InChI is InChI=1S/C14H18O4/c1-2-3-4-9-13(15)18-10-11-7-5-6-8-12(11)14(16)17/h5-8H,2-4,9-10H2,1H3,(H,16,17). The average Bonchev–Trinajstić information content (AvgIpc) is 2.37. The van der Waals surface area contributed by atoms with E-state index in [-0.39, 0.29) is 18.1 Å². The van der Waals surface area contributed by atoms with Crippen molar-refractivity contribution in [3.63, 3.8) is 0 Å². The topological polar surface area (TPSA) is 63.6 Å². The Bertz CT molecular complexity index is 412. The molecule has 0 aliphatic rings. The lowest BCUT2D eigenvalue weighted by Gasteiger charge is -2.07. The molecule has 0 bridgehead atoms. The van der Waals surface area contributed by atoms with Gasteiger partial charge in [-0.05, 0) is 12.5 Å². The van der Waals surface area contributed by atoms with Crippen LogP contribution in [0.4, 0.5) is 0 Å². The molecule has 4 heteroatoms. The zero-order chi connectivity index (χ0) is 13.4. The van der Waals surface area contributed by atoms with Crippen LogP contribution in [0.2, 0.25) is 0 Å². The lowest BCUT2D eigenvalue weighted by atomic mass is 10.1. The second-order valence-corrected chi connectivity index (χ2v) is 4.08. The van der Waals surface area contributed by atoms with Gasteiger partial charge in [0.2, 0.25) is 0 Å². The summed E-state index contributed by atoms with van der Waals surface area (Å²) in [6.45, 7) is 2.09. The van der Waals surface area contributed by atoms with Gasteiger partial charge in [0, 0.05) is 12.0 Å². The minimum atomic E-state index is -1.01. The number of esters is 1. The van der Waals surface area contributed by atoms with Crippen molar-refractivity contribution in [2.24, 2.45) is 0 Å². The number of hydrogen-bond acceptors (Lipinski definition) is 3. The van der Waals surface area contributed by atoms with Crippen LogP contribution in [-0.2, 0) is 16.1 Å². The van der Waals surface area contributed by atoms with Crippen molar-refractivity contribution in [3.05, 3.63) is 35.4 Å². The van der Waals surface area contributed by atoms with Gasteiger partial charge in [0.05, 0.1) is 5.56 Å². The Morgan fingerprint density at radius 2 is 1.94 bits per heavy atom. The summed E-state index contributed by atoms with van der Waals surface area (Å²) >= 11 is 0. The summed E-state index contributed by atoms with van der Waals surface area (Å²) in [4.78, 5) is 22.3. The van der Waals surface area contributed by atoms with Crippen molar-refractivity contribution in [1.29, 1.82) is 0 Å². The fourth-order valence-corrected chi connectivity index (χ4v) is 1.60. The molecule has 0 radical (unpaired) electrons. The van der Waals surface area contributed by atoms with Crippen molar-refractivity contribution in [2.75, 3.05) is 0 Å². The van der Waals surface area contributed by atoms with Crippen molar-refractivity contribution in [3.8, 4) is 0 Å². The lowest BCUT2D eigenvalue weighted by molar-refractivity contribution is -0.145. The van der Waals surface area contributed by atoms with Crippen LogP contribution in [0.5, 0.6) is 0 Å². The Kier molecular flexibility index (Phi) is 5.91. The first kappa shape index (κ1) is 14.2. The van der Waals surface area contributed by atoms with Crippen LogP contribution in [0, 0.1) is 0 Å². The first-order valence-corrected chi connectivity index (χ1v) is 6.12. The first-order valence-electron chi connectivity index (χ1n) is 6.12. The summed E-state index contributed by atoms with van der Waals surface area (Å²) in [7, 11) is 0. The highest BCUT2D eigenvalue weighted by Gasteiger charge is 2.10. The maximum Gasteiger partial charge on any atom is 0.336 e. The Labute approximate surface area is 107 Å². The van der Waals surface area contributed by atoms with Gasteiger partial charge in [0.25, 0.3) is 0 Å². The fraction of sp³-hybridized carbons (Fsp3) is 0.429. The molecule has 0 aliphatic heterocycles. The first-order chi connectivity index (χ1) is 8.65. The predicted octanol–water partition coefficient (Wildman–Crippen LogP) is 3.01. The van der Waals surface area contributed by atoms with E-state index in [4.69, 9.17) is 9.84 Å². The van der Waals surface area contributed by atoms with Crippen LogP contribution in [0.25, 0.3) is 0 Å². The zero-order valence-corrected chi connectivity index (χ0v) is 10.5. The number of benzene rings is 1. The van der Waals surface area contributed by atoms with E-state index < -0.39 is 5.97 Å². The molecular weight excluding hydrogens is 232 g/mol. The molecule has 1 rings (SSSR count). The van der Waals surface area contributed by atoms with Crippen LogP contribution in [-0.4, -0.2) is 17.0 Å². The molecule has 0 atom stereocenters. The molecule has 0 aromatic heterocycles. The summed E-state index contributed by atoms with van der Waals surface area (Å²) in [6.07, 6.45) is 3.26. The van der Waals surface area contributed by atoms with Crippen molar-refractivity contribution in [1.82, 2.24) is 0 Å². The average molecular weight is 250 g/mol. The molecule has 1 aromatic rings. The molecule has 0 spiro atoms. The Hall–Kier alpha value is -1.84. The normalized spacial score (nSPS) is 10.1. The summed E-state index contributed by atoms with van der Waals surface area (Å²) in [5.74, 6) is -1.28. The van der Waals surface area contributed by atoms with Gasteiger partial charge >= 0.3 is 11.9 Å². The second-order valence-electron chi connectivity index (χ2n) is 4.08. The van der Waals surface area contributed by atoms with Gasteiger partial charge in [-0.2, -0.15) is 0 Å². The third-order valence-electron chi connectivity index (χ3n) is 2.62. The van der Waals surface area contributed by atoms with Crippen LogP contribution in [0.1, 0.15) is 48.5 Å². The molecule has 0 unspecified atom stereocenters. The number of unbranched alkanes of at least 4 members (excludes halogenated alkanes) is 2. The summed E-state index contributed by atoms with van der Waals surface area (Å²) in [5, 5.41) is 8.96. The van der Waals surface area contributed by atoms with Gasteiger partial charge in [-0.15, -0.1) is 0 Å².